The van der Waals surface area contributed by atoms with Crippen LogP contribution in [0.4, 0.5) is 0 Å². The average molecular weight is 429 g/mol. The molecule has 0 radical (unpaired) electrons. The number of thiophene rings is 1. The molecule has 28 heavy (non-hydrogen) atoms. The molecule has 0 spiro atoms. The Morgan fingerprint density at radius 1 is 1.04 bits per heavy atom. The van der Waals surface area contributed by atoms with E-state index in [1.807, 2.05) is 19.2 Å². The first-order chi connectivity index (χ1) is 13.3. The summed E-state index contributed by atoms with van der Waals surface area (Å²) in [7, 11) is -3.44. The van der Waals surface area contributed by atoms with Crippen molar-refractivity contribution in [2.24, 2.45) is 5.92 Å². The van der Waals surface area contributed by atoms with Crippen LogP contribution in [-0.4, -0.2) is 79.1 Å². The highest BCUT2D eigenvalue weighted by Gasteiger charge is 2.36. The standard InChI is InChI=1S/C18H28N4O4S2/c1-14(2)16(19-17(23)15-6-5-13-27-15)18(24)20-9-11-22(12-10-20)28(25,26)21-7-3-4-8-21/h5-6,13-14,16H,3-4,7-12H2,1-2H3,(H,19,23)/t16-/m1/s1. The third-order valence-electron chi connectivity index (χ3n) is 5.23. The first-order valence-electron chi connectivity index (χ1n) is 9.69. The summed E-state index contributed by atoms with van der Waals surface area (Å²) in [6.07, 6.45) is 1.80. The molecule has 0 aromatic carbocycles. The maximum atomic E-state index is 13.0. The van der Waals surface area contributed by atoms with Gasteiger partial charge in [-0.2, -0.15) is 17.0 Å². The zero-order valence-electron chi connectivity index (χ0n) is 16.3. The topological polar surface area (TPSA) is 90.0 Å². The highest BCUT2D eigenvalue weighted by molar-refractivity contribution is 7.86. The van der Waals surface area contributed by atoms with E-state index in [1.165, 1.54) is 19.9 Å². The molecule has 2 fully saturated rings. The molecule has 2 aliphatic heterocycles. The predicted octanol–water partition coefficient (Wildman–Crippen LogP) is 0.987. The summed E-state index contributed by atoms with van der Waals surface area (Å²) < 4.78 is 28.4. The fourth-order valence-corrected chi connectivity index (χ4v) is 5.85. The Bertz CT molecular complexity index is 781. The van der Waals surface area contributed by atoms with Gasteiger partial charge in [0, 0.05) is 39.3 Å². The third-order valence-corrected chi connectivity index (χ3v) is 8.14. The van der Waals surface area contributed by atoms with Gasteiger partial charge in [-0.05, 0) is 30.2 Å². The van der Waals surface area contributed by atoms with Crippen molar-refractivity contribution in [1.29, 1.82) is 0 Å². The Balaban J connectivity index is 1.60. The van der Waals surface area contributed by atoms with Gasteiger partial charge in [-0.15, -0.1) is 11.3 Å². The minimum absolute atomic E-state index is 0.0669. The van der Waals surface area contributed by atoms with Crippen molar-refractivity contribution in [2.45, 2.75) is 32.7 Å². The van der Waals surface area contributed by atoms with Crippen LogP contribution in [0.3, 0.4) is 0 Å². The molecule has 2 aliphatic rings. The van der Waals surface area contributed by atoms with Gasteiger partial charge in [0.2, 0.25) is 5.91 Å². The molecule has 1 atom stereocenters. The zero-order chi connectivity index (χ0) is 20.3. The van der Waals surface area contributed by atoms with Gasteiger partial charge in [-0.3, -0.25) is 9.59 Å². The van der Waals surface area contributed by atoms with Crippen molar-refractivity contribution < 1.29 is 18.0 Å². The van der Waals surface area contributed by atoms with E-state index in [4.69, 9.17) is 0 Å². The Hall–Kier alpha value is -1.49. The number of rotatable bonds is 6. The molecule has 2 saturated heterocycles. The van der Waals surface area contributed by atoms with Crippen LogP contribution in [0.5, 0.6) is 0 Å². The molecule has 3 heterocycles. The van der Waals surface area contributed by atoms with Crippen molar-refractivity contribution in [3.8, 4) is 0 Å². The third kappa shape index (κ3) is 4.56. The second kappa shape index (κ2) is 8.89. The fraction of sp³-hybridized carbons (Fsp3) is 0.667. The molecule has 156 valence electrons. The number of carbonyl (C=O) groups excluding carboxylic acids is 2. The maximum absolute atomic E-state index is 13.0. The van der Waals surface area contributed by atoms with E-state index in [0.717, 1.165) is 12.8 Å². The number of hydrogen-bond donors (Lipinski definition) is 1. The lowest BCUT2D eigenvalue weighted by molar-refractivity contribution is -0.135. The van der Waals surface area contributed by atoms with Crippen LogP contribution in [0, 0.1) is 5.92 Å². The summed E-state index contributed by atoms with van der Waals surface area (Å²) in [5.41, 5.74) is 0. The van der Waals surface area contributed by atoms with E-state index in [-0.39, 0.29) is 30.8 Å². The lowest BCUT2D eigenvalue weighted by Crippen LogP contribution is -2.58. The van der Waals surface area contributed by atoms with Crippen LogP contribution in [0.25, 0.3) is 0 Å². The molecule has 2 amide bonds. The Morgan fingerprint density at radius 3 is 2.18 bits per heavy atom. The van der Waals surface area contributed by atoms with Gasteiger partial charge in [-0.1, -0.05) is 19.9 Å². The molecular formula is C18H28N4O4S2. The van der Waals surface area contributed by atoms with Crippen molar-refractivity contribution in [3.05, 3.63) is 22.4 Å². The number of nitrogens with zero attached hydrogens (tertiary/aromatic N) is 3. The predicted molar refractivity (Wildman–Crippen MR) is 108 cm³/mol. The minimum Gasteiger partial charge on any atom is -0.339 e. The van der Waals surface area contributed by atoms with E-state index < -0.39 is 16.3 Å². The van der Waals surface area contributed by atoms with Gasteiger partial charge in [0.05, 0.1) is 4.88 Å². The highest BCUT2D eigenvalue weighted by atomic mass is 32.2. The molecule has 0 saturated carbocycles. The molecule has 0 unspecified atom stereocenters. The summed E-state index contributed by atoms with van der Waals surface area (Å²) in [6, 6.07) is 2.90. The van der Waals surface area contributed by atoms with Crippen LogP contribution in [0.1, 0.15) is 36.4 Å². The smallest absolute Gasteiger partial charge is 0.282 e. The van der Waals surface area contributed by atoms with E-state index >= 15 is 0 Å². The van der Waals surface area contributed by atoms with E-state index in [1.54, 1.807) is 17.0 Å². The monoisotopic (exact) mass is 428 g/mol. The molecule has 10 heteroatoms. The van der Waals surface area contributed by atoms with E-state index in [9.17, 15) is 18.0 Å². The highest BCUT2D eigenvalue weighted by Crippen LogP contribution is 2.19. The largest absolute Gasteiger partial charge is 0.339 e. The van der Waals surface area contributed by atoms with Crippen molar-refractivity contribution in [3.63, 3.8) is 0 Å². The lowest BCUT2D eigenvalue weighted by atomic mass is 10.0. The summed E-state index contributed by atoms with van der Waals surface area (Å²) in [4.78, 5) is 27.6. The van der Waals surface area contributed by atoms with E-state index in [0.29, 0.717) is 31.1 Å². The van der Waals surface area contributed by atoms with Gasteiger partial charge in [0.25, 0.3) is 16.1 Å². The van der Waals surface area contributed by atoms with Gasteiger partial charge in [0.1, 0.15) is 6.04 Å². The van der Waals surface area contributed by atoms with Gasteiger partial charge in [-0.25, -0.2) is 0 Å². The molecule has 0 bridgehead atoms. The van der Waals surface area contributed by atoms with Crippen molar-refractivity contribution in [1.82, 2.24) is 18.8 Å². The molecule has 1 aromatic heterocycles. The maximum Gasteiger partial charge on any atom is 0.282 e. The van der Waals surface area contributed by atoms with Crippen molar-refractivity contribution >= 4 is 33.4 Å². The van der Waals surface area contributed by atoms with Crippen LogP contribution in [0.15, 0.2) is 17.5 Å². The zero-order valence-corrected chi connectivity index (χ0v) is 18.0. The number of nitrogens with one attached hydrogen (secondary N) is 1. The van der Waals surface area contributed by atoms with Crippen LogP contribution >= 0.6 is 11.3 Å². The second-order valence-corrected chi connectivity index (χ2v) is 10.4. The first kappa shape index (κ1) is 21.2. The quantitative estimate of drug-likeness (QED) is 0.732. The van der Waals surface area contributed by atoms with Gasteiger partial charge < -0.3 is 10.2 Å². The molecule has 3 rings (SSSR count). The Morgan fingerprint density at radius 2 is 1.64 bits per heavy atom. The fourth-order valence-electron chi connectivity index (χ4n) is 3.55. The minimum atomic E-state index is -3.44. The van der Waals surface area contributed by atoms with Crippen molar-refractivity contribution in [2.75, 3.05) is 39.3 Å². The van der Waals surface area contributed by atoms with Gasteiger partial charge >= 0.3 is 0 Å². The van der Waals surface area contributed by atoms with Crippen LogP contribution < -0.4 is 5.32 Å². The Kier molecular flexibility index (Phi) is 6.74. The van der Waals surface area contributed by atoms with Gasteiger partial charge in [0.15, 0.2) is 0 Å². The van der Waals surface area contributed by atoms with Crippen LogP contribution in [-0.2, 0) is 15.0 Å². The molecule has 8 nitrogen and oxygen atoms in total. The lowest BCUT2D eigenvalue weighted by Gasteiger charge is -2.37. The number of hydrogen-bond acceptors (Lipinski definition) is 5. The SMILES string of the molecule is CC(C)[C@@H](NC(=O)c1cccs1)C(=O)N1CCN(S(=O)(=O)N2CCCC2)CC1. The number of piperazine rings is 1. The number of carbonyl (C=O) groups is 2. The Labute approximate surface area is 170 Å². The summed E-state index contributed by atoms with van der Waals surface area (Å²) >= 11 is 1.33. The molecule has 0 aliphatic carbocycles. The summed E-state index contributed by atoms with van der Waals surface area (Å²) in [5, 5.41) is 4.66. The van der Waals surface area contributed by atoms with E-state index in [2.05, 4.69) is 5.32 Å². The first-order valence-corrected chi connectivity index (χ1v) is 12.0. The molecule has 1 N–H and O–H groups in total. The summed E-state index contributed by atoms with van der Waals surface area (Å²) in [5.74, 6) is -0.474. The van der Waals surface area contributed by atoms with Crippen LogP contribution in [0.2, 0.25) is 0 Å². The number of amides is 2. The molecule has 1 aromatic rings. The second-order valence-electron chi connectivity index (χ2n) is 7.51. The normalized spacial score (nSPS) is 20.5. The molecular weight excluding hydrogens is 400 g/mol. The average Bonchev–Trinajstić information content (AvgIpc) is 3.39. The summed E-state index contributed by atoms with van der Waals surface area (Å²) in [6.45, 7) is 6.19.